The molecule has 0 spiro atoms. The Bertz CT molecular complexity index is 751. The second-order valence-corrected chi connectivity index (χ2v) is 7.78. The third-order valence-electron chi connectivity index (χ3n) is 4.25. The molecule has 0 bridgehead atoms. The van der Waals surface area contributed by atoms with Crippen LogP contribution in [-0.4, -0.2) is 65.1 Å². The lowest BCUT2D eigenvalue weighted by molar-refractivity contribution is 0.144. The van der Waals surface area contributed by atoms with Gasteiger partial charge >= 0.3 is 0 Å². The molecule has 1 aliphatic heterocycles. The lowest BCUT2D eigenvalue weighted by atomic mass is 10.2. The molecule has 8 heteroatoms. The maximum atomic E-state index is 11.6. The van der Waals surface area contributed by atoms with Gasteiger partial charge in [-0.2, -0.15) is 4.31 Å². The standard InChI is InChI=1S/C15H21N5O2S/c1-13(18-8-10-19(11-9-18)23(2,21)22)15-12-20(17-16-15)14-6-4-3-5-7-14/h3-7,12-13H,8-11H2,1-2H3/t13-/m0/s1. The van der Waals surface area contributed by atoms with Crippen LogP contribution in [0.25, 0.3) is 5.69 Å². The first-order valence-electron chi connectivity index (χ1n) is 7.62. The number of piperazine rings is 1. The van der Waals surface area contributed by atoms with Crippen molar-refractivity contribution in [2.75, 3.05) is 32.4 Å². The van der Waals surface area contributed by atoms with Gasteiger partial charge in [-0.05, 0) is 19.1 Å². The Morgan fingerprint density at radius 2 is 1.74 bits per heavy atom. The van der Waals surface area contributed by atoms with E-state index in [1.54, 1.807) is 4.68 Å². The van der Waals surface area contributed by atoms with Crippen LogP contribution < -0.4 is 0 Å². The molecule has 0 saturated carbocycles. The Morgan fingerprint density at radius 1 is 1.09 bits per heavy atom. The fourth-order valence-electron chi connectivity index (χ4n) is 2.78. The van der Waals surface area contributed by atoms with Crippen LogP contribution >= 0.6 is 0 Å². The molecular formula is C15H21N5O2S. The van der Waals surface area contributed by atoms with Crippen molar-refractivity contribution < 1.29 is 8.42 Å². The first-order chi connectivity index (χ1) is 10.9. The van der Waals surface area contributed by atoms with Crippen molar-refractivity contribution in [3.8, 4) is 5.69 Å². The minimum absolute atomic E-state index is 0.106. The first-order valence-corrected chi connectivity index (χ1v) is 9.47. The van der Waals surface area contributed by atoms with Gasteiger partial charge in [0.05, 0.1) is 29.9 Å². The van der Waals surface area contributed by atoms with E-state index in [9.17, 15) is 8.42 Å². The van der Waals surface area contributed by atoms with Crippen molar-refractivity contribution in [3.05, 3.63) is 42.2 Å². The zero-order valence-electron chi connectivity index (χ0n) is 13.3. The van der Waals surface area contributed by atoms with Gasteiger partial charge in [0.2, 0.25) is 10.0 Å². The molecule has 1 atom stereocenters. The summed E-state index contributed by atoms with van der Waals surface area (Å²) in [7, 11) is -3.10. The maximum Gasteiger partial charge on any atom is 0.211 e. The van der Waals surface area contributed by atoms with E-state index in [1.165, 1.54) is 10.6 Å². The van der Waals surface area contributed by atoms with E-state index in [0.29, 0.717) is 26.2 Å². The van der Waals surface area contributed by atoms with Gasteiger partial charge in [-0.25, -0.2) is 13.1 Å². The van der Waals surface area contributed by atoms with Crippen LogP contribution in [0.1, 0.15) is 18.7 Å². The number of sulfonamides is 1. The van der Waals surface area contributed by atoms with Crippen LogP contribution in [-0.2, 0) is 10.0 Å². The molecule has 23 heavy (non-hydrogen) atoms. The fraction of sp³-hybridized carbons (Fsp3) is 0.467. The minimum atomic E-state index is -3.10. The highest BCUT2D eigenvalue weighted by atomic mass is 32.2. The summed E-state index contributed by atoms with van der Waals surface area (Å²) < 4.78 is 26.4. The van der Waals surface area contributed by atoms with Crippen LogP contribution in [0, 0.1) is 0 Å². The predicted octanol–water partition coefficient (Wildman–Crippen LogP) is 0.905. The second-order valence-electron chi connectivity index (χ2n) is 5.80. The summed E-state index contributed by atoms with van der Waals surface area (Å²) in [6.45, 7) is 4.53. The first kappa shape index (κ1) is 16.1. The van der Waals surface area contributed by atoms with E-state index in [2.05, 4.69) is 22.1 Å². The number of rotatable bonds is 4. The summed E-state index contributed by atoms with van der Waals surface area (Å²) >= 11 is 0. The van der Waals surface area contributed by atoms with Gasteiger partial charge in [-0.1, -0.05) is 23.4 Å². The van der Waals surface area contributed by atoms with Crippen LogP contribution in [0.5, 0.6) is 0 Å². The zero-order valence-corrected chi connectivity index (χ0v) is 14.1. The minimum Gasteiger partial charge on any atom is -0.292 e. The molecule has 2 heterocycles. The van der Waals surface area contributed by atoms with Crippen molar-refractivity contribution in [1.82, 2.24) is 24.2 Å². The number of benzene rings is 1. The van der Waals surface area contributed by atoms with Crippen LogP contribution in [0.2, 0.25) is 0 Å². The fourth-order valence-corrected chi connectivity index (χ4v) is 3.61. The maximum absolute atomic E-state index is 11.6. The Hall–Kier alpha value is -1.77. The van der Waals surface area contributed by atoms with Gasteiger partial charge in [-0.15, -0.1) is 5.10 Å². The molecule has 0 aliphatic carbocycles. The molecule has 1 fully saturated rings. The molecule has 1 aromatic heterocycles. The van der Waals surface area contributed by atoms with Crippen LogP contribution in [0.3, 0.4) is 0 Å². The smallest absolute Gasteiger partial charge is 0.211 e. The molecule has 2 aromatic rings. The van der Waals surface area contributed by atoms with Gasteiger partial charge in [0.15, 0.2) is 0 Å². The molecule has 124 valence electrons. The third-order valence-corrected chi connectivity index (χ3v) is 5.55. The van der Waals surface area contributed by atoms with E-state index < -0.39 is 10.0 Å². The van der Waals surface area contributed by atoms with Gasteiger partial charge < -0.3 is 0 Å². The van der Waals surface area contributed by atoms with Gasteiger partial charge in [0, 0.05) is 26.2 Å². The second kappa shape index (κ2) is 6.38. The average molecular weight is 335 g/mol. The Morgan fingerprint density at radius 3 is 2.35 bits per heavy atom. The van der Waals surface area contributed by atoms with Crippen molar-refractivity contribution >= 4 is 10.0 Å². The van der Waals surface area contributed by atoms with E-state index in [4.69, 9.17) is 0 Å². The Balaban J connectivity index is 1.68. The third kappa shape index (κ3) is 3.60. The molecule has 0 N–H and O–H groups in total. The van der Waals surface area contributed by atoms with Crippen LogP contribution in [0.4, 0.5) is 0 Å². The summed E-state index contributed by atoms with van der Waals surface area (Å²) in [5.41, 5.74) is 1.86. The van der Waals surface area contributed by atoms with Gasteiger partial charge in [0.1, 0.15) is 0 Å². The molecule has 0 amide bonds. The quantitative estimate of drug-likeness (QED) is 0.830. The highest BCUT2D eigenvalue weighted by Gasteiger charge is 2.27. The van der Waals surface area contributed by atoms with Crippen molar-refractivity contribution in [2.24, 2.45) is 0 Å². The van der Waals surface area contributed by atoms with Crippen molar-refractivity contribution in [1.29, 1.82) is 0 Å². The number of hydrogen-bond donors (Lipinski definition) is 0. The molecular weight excluding hydrogens is 314 g/mol. The van der Waals surface area contributed by atoms with Gasteiger partial charge in [0.25, 0.3) is 0 Å². The van der Waals surface area contributed by atoms with Gasteiger partial charge in [-0.3, -0.25) is 4.90 Å². The SMILES string of the molecule is C[C@@H](c1cn(-c2ccccc2)nn1)N1CCN(S(C)(=O)=O)CC1. The summed E-state index contributed by atoms with van der Waals surface area (Å²) in [5, 5.41) is 8.47. The van der Waals surface area contributed by atoms with Crippen molar-refractivity contribution in [2.45, 2.75) is 13.0 Å². The summed E-state index contributed by atoms with van der Waals surface area (Å²) in [5.74, 6) is 0. The largest absolute Gasteiger partial charge is 0.292 e. The summed E-state index contributed by atoms with van der Waals surface area (Å²) in [6.07, 6.45) is 3.19. The molecule has 3 rings (SSSR count). The zero-order chi connectivity index (χ0) is 16.4. The molecule has 0 unspecified atom stereocenters. The predicted molar refractivity (Wildman–Crippen MR) is 87.8 cm³/mol. The highest BCUT2D eigenvalue weighted by Crippen LogP contribution is 2.21. The number of hydrogen-bond acceptors (Lipinski definition) is 5. The normalized spacial score (nSPS) is 18.9. The molecule has 0 radical (unpaired) electrons. The number of para-hydroxylation sites is 1. The van der Waals surface area contributed by atoms with E-state index in [-0.39, 0.29) is 6.04 Å². The number of nitrogens with zero attached hydrogens (tertiary/aromatic N) is 5. The lowest BCUT2D eigenvalue weighted by Gasteiger charge is -2.36. The monoisotopic (exact) mass is 335 g/mol. The van der Waals surface area contributed by atoms with Crippen molar-refractivity contribution in [3.63, 3.8) is 0 Å². The Kier molecular flexibility index (Phi) is 4.47. The highest BCUT2D eigenvalue weighted by molar-refractivity contribution is 7.88. The van der Waals surface area contributed by atoms with E-state index in [1.807, 2.05) is 36.5 Å². The summed E-state index contributed by atoms with van der Waals surface area (Å²) in [6, 6.07) is 9.96. The molecule has 1 aromatic carbocycles. The number of aromatic nitrogens is 3. The topological polar surface area (TPSA) is 71.3 Å². The molecule has 1 aliphatic rings. The Labute approximate surface area is 136 Å². The van der Waals surface area contributed by atoms with Crippen LogP contribution in [0.15, 0.2) is 36.5 Å². The average Bonchev–Trinajstić information content (AvgIpc) is 3.04. The summed E-state index contributed by atoms with van der Waals surface area (Å²) in [4.78, 5) is 2.24. The molecule has 1 saturated heterocycles. The lowest BCUT2D eigenvalue weighted by Crippen LogP contribution is -2.48. The van der Waals surface area contributed by atoms with E-state index >= 15 is 0 Å². The molecule has 7 nitrogen and oxygen atoms in total. The van der Waals surface area contributed by atoms with E-state index in [0.717, 1.165) is 11.4 Å².